The van der Waals surface area contributed by atoms with Gasteiger partial charge in [-0.25, -0.2) is 10.2 Å². The molecule has 4 rings (SSSR count). The first-order chi connectivity index (χ1) is 15.7. The van der Waals surface area contributed by atoms with Crippen LogP contribution in [0.3, 0.4) is 0 Å². The molecule has 33 heavy (non-hydrogen) atoms. The van der Waals surface area contributed by atoms with Crippen molar-refractivity contribution >= 4 is 23.1 Å². The summed E-state index contributed by atoms with van der Waals surface area (Å²) in [6, 6.07) is 17.6. The molecule has 2 amide bonds. The highest BCUT2D eigenvalue weighted by atomic mass is 19.4. The largest absolute Gasteiger partial charge is 0.416 e. The molecule has 170 valence electrons. The first kappa shape index (κ1) is 22.4. The van der Waals surface area contributed by atoms with Gasteiger partial charge in [-0.3, -0.25) is 0 Å². The van der Waals surface area contributed by atoms with E-state index >= 15 is 0 Å². The van der Waals surface area contributed by atoms with E-state index in [1.54, 1.807) is 0 Å². The molecule has 3 aromatic rings. The molecule has 1 aliphatic heterocycles. The number of benzene rings is 3. The molecule has 0 saturated carbocycles. The Labute approximate surface area is 189 Å². The smallest absolute Gasteiger partial charge is 0.377 e. The summed E-state index contributed by atoms with van der Waals surface area (Å²) in [7, 11) is 0. The summed E-state index contributed by atoms with van der Waals surface area (Å²) in [5.41, 5.74) is 7.93. The van der Waals surface area contributed by atoms with Crippen molar-refractivity contribution < 1.29 is 18.0 Å². The van der Waals surface area contributed by atoms with E-state index in [4.69, 9.17) is 0 Å². The van der Waals surface area contributed by atoms with Crippen LogP contribution in [0.15, 0.2) is 71.8 Å². The number of aryl methyl sites for hydroxylation is 2. The van der Waals surface area contributed by atoms with Gasteiger partial charge in [0.1, 0.15) is 0 Å². The van der Waals surface area contributed by atoms with Gasteiger partial charge in [-0.05, 0) is 55.3 Å². The number of nitrogens with one attached hydrogen (secondary N) is 3. The maximum absolute atomic E-state index is 12.7. The van der Waals surface area contributed by atoms with Crippen molar-refractivity contribution in [1.82, 2.24) is 5.43 Å². The van der Waals surface area contributed by atoms with Crippen LogP contribution in [0, 0.1) is 13.8 Å². The Hall–Kier alpha value is -3.81. The number of carbonyl (C=O) groups excluding carboxylic acids is 1. The fourth-order valence-corrected chi connectivity index (χ4v) is 3.93. The Balaban J connectivity index is 1.51. The lowest BCUT2D eigenvalue weighted by Crippen LogP contribution is -2.29. The summed E-state index contributed by atoms with van der Waals surface area (Å²) in [4.78, 5) is 12.3. The number of halogens is 3. The summed E-state index contributed by atoms with van der Waals surface area (Å²) in [5.74, 6) is 0. The van der Waals surface area contributed by atoms with Gasteiger partial charge in [0.15, 0.2) is 0 Å². The lowest BCUT2D eigenvalue weighted by atomic mass is 9.89. The molecular formula is C25H23F3N4O. The number of alkyl halides is 3. The number of para-hydroxylation sites is 1. The SMILES string of the molecule is Cc1ccc(C2CC(=NNC(=O)Nc3ccc(C(F)(F)F)cc3)c3ccccc3N2)c(C)c1. The summed E-state index contributed by atoms with van der Waals surface area (Å²) in [6.45, 7) is 4.11. The average Bonchev–Trinajstić information content (AvgIpc) is 2.77. The van der Waals surface area contributed by atoms with Crippen molar-refractivity contribution in [2.45, 2.75) is 32.5 Å². The average molecular weight is 452 g/mol. The van der Waals surface area contributed by atoms with Crippen LogP contribution in [-0.4, -0.2) is 11.7 Å². The van der Waals surface area contributed by atoms with Crippen LogP contribution in [0.25, 0.3) is 0 Å². The molecule has 1 unspecified atom stereocenters. The molecule has 0 spiro atoms. The minimum atomic E-state index is -4.43. The van der Waals surface area contributed by atoms with E-state index in [1.807, 2.05) is 31.2 Å². The molecule has 0 fully saturated rings. The highest BCUT2D eigenvalue weighted by Crippen LogP contribution is 2.34. The summed E-state index contributed by atoms with van der Waals surface area (Å²) in [6.07, 6.45) is -3.87. The van der Waals surface area contributed by atoms with Crippen molar-refractivity contribution in [2.75, 3.05) is 10.6 Å². The van der Waals surface area contributed by atoms with E-state index in [-0.39, 0.29) is 11.7 Å². The van der Waals surface area contributed by atoms with Crippen molar-refractivity contribution in [3.63, 3.8) is 0 Å². The third-order valence-corrected chi connectivity index (χ3v) is 5.53. The van der Waals surface area contributed by atoms with Crippen molar-refractivity contribution in [2.24, 2.45) is 5.10 Å². The van der Waals surface area contributed by atoms with Gasteiger partial charge >= 0.3 is 12.2 Å². The maximum Gasteiger partial charge on any atom is 0.416 e. The Morgan fingerprint density at radius 2 is 1.76 bits per heavy atom. The highest BCUT2D eigenvalue weighted by molar-refractivity contribution is 6.07. The normalized spacial score (nSPS) is 16.6. The predicted molar refractivity (Wildman–Crippen MR) is 123 cm³/mol. The molecule has 3 aromatic carbocycles. The van der Waals surface area contributed by atoms with Gasteiger partial charge in [-0.15, -0.1) is 0 Å². The van der Waals surface area contributed by atoms with Crippen LogP contribution >= 0.6 is 0 Å². The number of amides is 2. The van der Waals surface area contributed by atoms with E-state index in [2.05, 4.69) is 46.3 Å². The lowest BCUT2D eigenvalue weighted by molar-refractivity contribution is -0.137. The van der Waals surface area contributed by atoms with Crippen molar-refractivity contribution in [1.29, 1.82) is 0 Å². The van der Waals surface area contributed by atoms with Gasteiger partial charge in [0, 0.05) is 23.4 Å². The van der Waals surface area contributed by atoms with E-state index < -0.39 is 17.8 Å². The second-order valence-corrected chi connectivity index (χ2v) is 8.01. The standard InChI is InChI=1S/C25H23F3N4O/c1-15-7-12-19(16(2)13-15)22-14-23(20-5-3-4-6-21(20)30-22)31-32-24(33)29-18-10-8-17(9-11-18)25(26,27)28/h3-13,22,30H,14H2,1-2H3,(H2,29,32,33). The Morgan fingerprint density at radius 1 is 1.03 bits per heavy atom. The highest BCUT2D eigenvalue weighted by Gasteiger charge is 2.30. The number of rotatable bonds is 3. The van der Waals surface area contributed by atoms with Gasteiger partial charge in [-0.1, -0.05) is 42.0 Å². The first-order valence-electron chi connectivity index (χ1n) is 10.4. The number of carbonyl (C=O) groups is 1. The van der Waals surface area contributed by atoms with Gasteiger partial charge in [0.2, 0.25) is 0 Å². The maximum atomic E-state index is 12.7. The number of nitrogens with zero attached hydrogens (tertiary/aromatic N) is 1. The third-order valence-electron chi connectivity index (χ3n) is 5.53. The number of hydrogen-bond acceptors (Lipinski definition) is 3. The molecular weight excluding hydrogens is 429 g/mol. The second kappa shape index (κ2) is 8.97. The van der Waals surface area contributed by atoms with Crippen molar-refractivity contribution in [3.05, 3.63) is 94.5 Å². The van der Waals surface area contributed by atoms with Crippen LogP contribution in [0.2, 0.25) is 0 Å². The zero-order valence-electron chi connectivity index (χ0n) is 18.1. The molecule has 1 aliphatic rings. The van der Waals surface area contributed by atoms with Crippen LogP contribution in [0.5, 0.6) is 0 Å². The van der Waals surface area contributed by atoms with Crippen LogP contribution in [0.1, 0.15) is 40.3 Å². The van der Waals surface area contributed by atoms with Crippen molar-refractivity contribution in [3.8, 4) is 0 Å². The molecule has 1 atom stereocenters. The zero-order valence-corrected chi connectivity index (χ0v) is 18.1. The molecule has 8 heteroatoms. The molecule has 0 aliphatic carbocycles. The van der Waals surface area contributed by atoms with E-state index in [0.717, 1.165) is 28.9 Å². The van der Waals surface area contributed by atoms with Gasteiger partial charge < -0.3 is 10.6 Å². The quantitative estimate of drug-likeness (QED) is 0.402. The van der Waals surface area contributed by atoms with E-state index in [1.165, 1.54) is 23.3 Å². The Morgan fingerprint density at radius 3 is 2.45 bits per heavy atom. The predicted octanol–water partition coefficient (Wildman–Crippen LogP) is 6.40. The Kier molecular flexibility index (Phi) is 6.09. The number of fused-ring (bicyclic) bond motifs is 1. The van der Waals surface area contributed by atoms with E-state index in [9.17, 15) is 18.0 Å². The van der Waals surface area contributed by atoms with Crippen LogP contribution in [0.4, 0.5) is 29.3 Å². The Bertz CT molecular complexity index is 1200. The van der Waals surface area contributed by atoms with Gasteiger partial charge in [0.05, 0.1) is 17.3 Å². The number of anilines is 2. The molecule has 0 saturated heterocycles. The molecule has 3 N–H and O–H groups in total. The van der Waals surface area contributed by atoms with Gasteiger partial charge in [0.25, 0.3) is 0 Å². The minimum Gasteiger partial charge on any atom is -0.377 e. The fourth-order valence-electron chi connectivity index (χ4n) is 3.93. The van der Waals surface area contributed by atoms with E-state index in [0.29, 0.717) is 12.1 Å². The second-order valence-electron chi connectivity index (χ2n) is 8.01. The van der Waals surface area contributed by atoms with Gasteiger partial charge in [-0.2, -0.15) is 18.3 Å². The zero-order chi connectivity index (χ0) is 23.6. The number of hydrazone groups is 1. The van der Waals surface area contributed by atoms with Crippen LogP contribution in [-0.2, 0) is 6.18 Å². The lowest BCUT2D eigenvalue weighted by Gasteiger charge is -2.29. The summed E-state index contributed by atoms with van der Waals surface area (Å²) < 4.78 is 38.1. The molecule has 0 aromatic heterocycles. The molecule has 1 heterocycles. The first-order valence-corrected chi connectivity index (χ1v) is 10.4. The third kappa shape index (κ3) is 5.16. The minimum absolute atomic E-state index is 0.0148. The number of hydrogen-bond donors (Lipinski definition) is 3. The summed E-state index contributed by atoms with van der Waals surface area (Å²) in [5, 5.41) is 10.4. The monoisotopic (exact) mass is 452 g/mol. The topological polar surface area (TPSA) is 65.5 Å². The number of urea groups is 1. The van der Waals surface area contributed by atoms with Crippen LogP contribution < -0.4 is 16.1 Å². The fraction of sp³-hybridized carbons (Fsp3) is 0.200. The summed E-state index contributed by atoms with van der Waals surface area (Å²) >= 11 is 0. The molecule has 0 radical (unpaired) electrons. The molecule has 0 bridgehead atoms. The molecule has 5 nitrogen and oxygen atoms in total.